The Morgan fingerprint density at radius 1 is 1.24 bits per heavy atom. The zero-order valence-electron chi connectivity index (χ0n) is 10.5. The molecule has 0 aromatic rings. The van der Waals surface area contributed by atoms with Gasteiger partial charge in [-0.15, -0.1) is 0 Å². The van der Waals surface area contributed by atoms with Crippen molar-refractivity contribution in [2.75, 3.05) is 0 Å². The smallest absolute Gasteiger partial charge is 0.169 e. The third-order valence-corrected chi connectivity index (χ3v) is 2.79. The van der Waals surface area contributed by atoms with Gasteiger partial charge in [-0.05, 0) is 37.8 Å². The summed E-state index contributed by atoms with van der Waals surface area (Å²) in [7, 11) is 0. The van der Waals surface area contributed by atoms with E-state index in [0.29, 0.717) is 17.6 Å². The molecule has 0 radical (unpaired) electrons. The van der Waals surface area contributed by atoms with Crippen molar-refractivity contribution in [3.63, 3.8) is 0 Å². The SMILES string of the molecule is C=C(C)C(=O)C(CC1=CC=CC1)C(=O)C(=C)C. The van der Waals surface area contributed by atoms with E-state index in [1.54, 1.807) is 13.8 Å². The van der Waals surface area contributed by atoms with Crippen molar-refractivity contribution >= 4 is 11.6 Å². The molecule has 0 aromatic heterocycles. The van der Waals surface area contributed by atoms with E-state index in [2.05, 4.69) is 13.2 Å². The molecule has 17 heavy (non-hydrogen) atoms. The largest absolute Gasteiger partial charge is 0.294 e. The minimum atomic E-state index is -0.642. The van der Waals surface area contributed by atoms with Crippen molar-refractivity contribution in [3.8, 4) is 0 Å². The molecule has 1 rings (SSSR count). The van der Waals surface area contributed by atoms with Gasteiger partial charge in [0, 0.05) is 0 Å². The van der Waals surface area contributed by atoms with E-state index in [-0.39, 0.29) is 11.6 Å². The van der Waals surface area contributed by atoms with Crippen molar-refractivity contribution < 1.29 is 9.59 Å². The molecular formula is C15H18O2. The summed E-state index contributed by atoms with van der Waals surface area (Å²) in [5.41, 5.74) is 1.96. The number of allylic oxidation sites excluding steroid dienone is 6. The third kappa shape index (κ3) is 3.38. The summed E-state index contributed by atoms with van der Waals surface area (Å²) in [6.45, 7) is 10.5. The lowest BCUT2D eigenvalue weighted by Crippen LogP contribution is -2.25. The number of rotatable bonds is 6. The topological polar surface area (TPSA) is 34.1 Å². The molecule has 0 bridgehead atoms. The van der Waals surface area contributed by atoms with Crippen LogP contribution >= 0.6 is 0 Å². The fourth-order valence-electron chi connectivity index (χ4n) is 1.80. The van der Waals surface area contributed by atoms with Crippen LogP contribution in [0.1, 0.15) is 26.7 Å². The van der Waals surface area contributed by atoms with Gasteiger partial charge < -0.3 is 0 Å². The van der Waals surface area contributed by atoms with E-state index >= 15 is 0 Å². The Bertz CT molecular complexity index is 410. The Labute approximate surface area is 102 Å². The highest BCUT2D eigenvalue weighted by atomic mass is 16.2. The van der Waals surface area contributed by atoms with Crippen LogP contribution in [0.25, 0.3) is 0 Å². The molecule has 0 amide bonds. The van der Waals surface area contributed by atoms with Crippen molar-refractivity contribution in [2.45, 2.75) is 26.7 Å². The van der Waals surface area contributed by atoms with Gasteiger partial charge in [0.1, 0.15) is 0 Å². The summed E-state index contributed by atoms with van der Waals surface area (Å²) in [4.78, 5) is 23.9. The monoisotopic (exact) mass is 230 g/mol. The Morgan fingerprint density at radius 3 is 2.12 bits per heavy atom. The number of ketones is 2. The van der Waals surface area contributed by atoms with Crippen molar-refractivity contribution in [1.29, 1.82) is 0 Å². The van der Waals surface area contributed by atoms with E-state index in [4.69, 9.17) is 0 Å². The molecule has 0 atom stereocenters. The lowest BCUT2D eigenvalue weighted by Gasteiger charge is -2.15. The maximum atomic E-state index is 12.0. The van der Waals surface area contributed by atoms with Crippen LogP contribution in [-0.4, -0.2) is 11.6 Å². The van der Waals surface area contributed by atoms with E-state index in [1.165, 1.54) is 0 Å². The van der Waals surface area contributed by atoms with Crippen LogP contribution < -0.4 is 0 Å². The van der Waals surface area contributed by atoms with Crippen LogP contribution in [0.5, 0.6) is 0 Å². The quantitative estimate of drug-likeness (QED) is 0.519. The maximum Gasteiger partial charge on any atom is 0.169 e. The minimum Gasteiger partial charge on any atom is -0.294 e. The molecule has 0 fully saturated rings. The van der Waals surface area contributed by atoms with Gasteiger partial charge in [0.15, 0.2) is 11.6 Å². The van der Waals surface area contributed by atoms with Gasteiger partial charge in [-0.2, -0.15) is 0 Å². The molecule has 0 aliphatic heterocycles. The zero-order chi connectivity index (χ0) is 13.0. The fraction of sp³-hybridized carbons (Fsp3) is 0.333. The molecule has 1 aliphatic rings. The van der Waals surface area contributed by atoms with Gasteiger partial charge >= 0.3 is 0 Å². The predicted molar refractivity (Wildman–Crippen MR) is 69.6 cm³/mol. The second kappa shape index (κ2) is 5.58. The molecule has 0 unspecified atom stereocenters. The second-order valence-corrected chi connectivity index (χ2v) is 4.50. The molecular weight excluding hydrogens is 212 g/mol. The first-order valence-electron chi connectivity index (χ1n) is 5.67. The summed E-state index contributed by atoms with van der Waals surface area (Å²) in [5.74, 6) is -0.993. The van der Waals surface area contributed by atoms with Crippen LogP contribution in [0.3, 0.4) is 0 Å². The lowest BCUT2D eigenvalue weighted by atomic mass is 9.86. The molecule has 0 saturated carbocycles. The maximum absolute atomic E-state index is 12.0. The van der Waals surface area contributed by atoms with Crippen molar-refractivity contribution in [2.24, 2.45) is 5.92 Å². The van der Waals surface area contributed by atoms with Crippen LogP contribution in [0.4, 0.5) is 0 Å². The first-order valence-corrected chi connectivity index (χ1v) is 5.67. The van der Waals surface area contributed by atoms with Gasteiger partial charge in [-0.25, -0.2) is 0 Å². The zero-order valence-corrected chi connectivity index (χ0v) is 10.5. The van der Waals surface area contributed by atoms with E-state index in [9.17, 15) is 9.59 Å². The number of carbonyl (C=O) groups excluding carboxylic acids is 2. The van der Waals surface area contributed by atoms with Gasteiger partial charge in [0.05, 0.1) is 5.92 Å². The number of carbonyl (C=O) groups is 2. The first kappa shape index (κ1) is 13.4. The predicted octanol–water partition coefficient (Wildman–Crippen LogP) is 3.17. The molecule has 0 spiro atoms. The summed E-state index contributed by atoms with van der Waals surface area (Å²) in [6, 6.07) is 0. The average Bonchev–Trinajstić information content (AvgIpc) is 2.76. The molecule has 2 heteroatoms. The lowest BCUT2D eigenvalue weighted by molar-refractivity contribution is -0.128. The number of Topliss-reactive ketones (excluding diaryl/α,β-unsaturated/α-hetero) is 2. The van der Waals surface area contributed by atoms with Crippen LogP contribution in [0, 0.1) is 5.92 Å². The summed E-state index contributed by atoms with van der Waals surface area (Å²) in [5, 5.41) is 0. The highest BCUT2D eigenvalue weighted by Gasteiger charge is 2.27. The van der Waals surface area contributed by atoms with E-state index in [0.717, 1.165) is 12.0 Å². The van der Waals surface area contributed by atoms with Crippen LogP contribution in [0.15, 0.2) is 48.1 Å². The Morgan fingerprint density at radius 2 is 1.76 bits per heavy atom. The van der Waals surface area contributed by atoms with Crippen molar-refractivity contribution in [3.05, 3.63) is 48.1 Å². The molecule has 0 saturated heterocycles. The van der Waals surface area contributed by atoms with Crippen molar-refractivity contribution in [1.82, 2.24) is 0 Å². The highest BCUT2D eigenvalue weighted by molar-refractivity contribution is 6.15. The fourth-order valence-corrected chi connectivity index (χ4v) is 1.80. The molecule has 0 N–H and O–H groups in total. The minimum absolute atomic E-state index is 0.175. The second-order valence-electron chi connectivity index (χ2n) is 4.50. The number of hydrogen-bond donors (Lipinski definition) is 0. The van der Waals surface area contributed by atoms with Gasteiger partial charge in [0.25, 0.3) is 0 Å². The van der Waals surface area contributed by atoms with Gasteiger partial charge in [0.2, 0.25) is 0 Å². The highest BCUT2D eigenvalue weighted by Crippen LogP contribution is 2.24. The Hall–Kier alpha value is -1.70. The number of hydrogen-bond acceptors (Lipinski definition) is 2. The van der Waals surface area contributed by atoms with E-state index in [1.807, 2.05) is 18.2 Å². The molecule has 0 heterocycles. The third-order valence-electron chi connectivity index (χ3n) is 2.79. The summed E-state index contributed by atoms with van der Waals surface area (Å²) >= 11 is 0. The normalized spacial score (nSPS) is 13.7. The molecule has 0 aromatic carbocycles. The molecule has 1 aliphatic carbocycles. The summed E-state index contributed by atoms with van der Waals surface area (Å²) < 4.78 is 0. The van der Waals surface area contributed by atoms with Gasteiger partial charge in [-0.3, -0.25) is 9.59 Å². The van der Waals surface area contributed by atoms with Crippen LogP contribution in [0.2, 0.25) is 0 Å². The molecule has 90 valence electrons. The first-order chi connectivity index (χ1) is 7.93. The standard InChI is InChI=1S/C15H18O2/c1-10(2)14(16)13(15(17)11(3)4)9-12-7-5-6-8-12/h5-7,13H,1,3,8-9H2,2,4H3. The van der Waals surface area contributed by atoms with E-state index < -0.39 is 5.92 Å². The van der Waals surface area contributed by atoms with Crippen LogP contribution in [-0.2, 0) is 9.59 Å². The average molecular weight is 230 g/mol. The van der Waals surface area contributed by atoms with Gasteiger partial charge in [-0.1, -0.05) is 37.0 Å². The summed E-state index contributed by atoms with van der Waals surface area (Å²) in [6.07, 6.45) is 7.23. The Balaban J connectivity index is 2.86. The molecule has 2 nitrogen and oxygen atoms in total. The Kier molecular flexibility index (Phi) is 4.38.